The minimum Gasteiger partial charge on any atom is -0.363 e. The second-order valence-electron chi connectivity index (χ2n) is 8.65. The maximum Gasteiger partial charge on any atom is 0.266 e. The molecule has 34 heavy (non-hydrogen) atoms. The molecule has 3 aromatic rings. The molecule has 0 radical (unpaired) electrons. The molecule has 1 aliphatic rings. The lowest BCUT2D eigenvalue weighted by atomic mass is 9.89. The van der Waals surface area contributed by atoms with Crippen LogP contribution in [0.25, 0.3) is 11.0 Å². The predicted octanol–water partition coefficient (Wildman–Crippen LogP) is 4.73. The highest BCUT2D eigenvalue weighted by molar-refractivity contribution is 5.87. The van der Waals surface area contributed by atoms with Crippen molar-refractivity contribution in [3.8, 4) is 0 Å². The molecule has 1 atom stereocenters. The number of halogens is 4. The number of nitrogens with one attached hydrogen (secondary N) is 1. The lowest BCUT2D eigenvalue weighted by Crippen LogP contribution is -2.36. The Morgan fingerprint density at radius 2 is 1.88 bits per heavy atom. The van der Waals surface area contributed by atoms with E-state index < -0.39 is 30.5 Å². The first-order valence-corrected chi connectivity index (χ1v) is 11.3. The number of aryl methyl sites for hydroxylation is 1. The average molecular weight is 478 g/mol. The van der Waals surface area contributed by atoms with Gasteiger partial charge in [-0.15, -0.1) is 0 Å². The van der Waals surface area contributed by atoms with E-state index in [1.165, 1.54) is 23.0 Å². The van der Waals surface area contributed by atoms with Crippen LogP contribution < -0.4 is 10.9 Å². The molecule has 0 amide bonds. The van der Waals surface area contributed by atoms with E-state index in [1.807, 2.05) is 4.90 Å². The highest BCUT2D eigenvalue weighted by Gasteiger charge is 2.25. The van der Waals surface area contributed by atoms with Crippen molar-refractivity contribution in [1.82, 2.24) is 19.4 Å². The number of nitrogens with zero attached hydrogens (tertiary/aromatic N) is 4. The molecule has 1 aliphatic heterocycles. The van der Waals surface area contributed by atoms with Gasteiger partial charge in [0.15, 0.2) is 0 Å². The Bertz CT molecular complexity index is 1220. The molecular formula is C24H27F4N5O. The number of alkyl halides is 3. The SMILES string of the molecule is C[C@@H](Nc1ncnc2c1cc(C1CCN(CCF)CC1)c(=O)n2C)c1cccc(C(F)F)c1F. The second kappa shape index (κ2) is 10.1. The van der Waals surface area contributed by atoms with Gasteiger partial charge in [-0.3, -0.25) is 9.36 Å². The lowest BCUT2D eigenvalue weighted by molar-refractivity contribution is 0.146. The third-order valence-electron chi connectivity index (χ3n) is 6.57. The molecular weight excluding hydrogens is 450 g/mol. The van der Waals surface area contributed by atoms with E-state index in [2.05, 4.69) is 15.3 Å². The van der Waals surface area contributed by atoms with Gasteiger partial charge >= 0.3 is 0 Å². The molecule has 0 spiro atoms. The summed E-state index contributed by atoms with van der Waals surface area (Å²) in [6, 6.07) is 5.02. The third-order valence-corrected chi connectivity index (χ3v) is 6.57. The number of piperidine rings is 1. The van der Waals surface area contributed by atoms with E-state index in [9.17, 15) is 22.4 Å². The molecule has 2 aromatic heterocycles. The fraction of sp³-hybridized carbons (Fsp3) is 0.458. The molecule has 0 saturated carbocycles. The van der Waals surface area contributed by atoms with Gasteiger partial charge in [-0.05, 0) is 44.8 Å². The quantitative estimate of drug-likeness (QED) is 0.499. The van der Waals surface area contributed by atoms with Crippen LogP contribution in [0.15, 0.2) is 35.4 Å². The van der Waals surface area contributed by atoms with Crippen molar-refractivity contribution >= 4 is 16.9 Å². The monoisotopic (exact) mass is 477 g/mol. The molecule has 1 saturated heterocycles. The first-order valence-electron chi connectivity index (χ1n) is 11.3. The smallest absolute Gasteiger partial charge is 0.266 e. The van der Waals surface area contributed by atoms with E-state index in [1.54, 1.807) is 20.0 Å². The van der Waals surface area contributed by atoms with Crippen LogP contribution in [0.5, 0.6) is 0 Å². The summed E-state index contributed by atoms with van der Waals surface area (Å²) >= 11 is 0. The van der Waals surface area contributed by atoms with E-state index in [-0.39, 0.29) is 17.0 Å². The summed E-state index contributed by atoms with van der Waals surface area (Å²) in [5, 5.41) is 3.69. The summed E-state index contributed by atoms with van der Waals surface area (Å²) in [5.74, 6) is -0.556. The van der Waals surface area contributed by atoms with Gasteiger partial charge in [0.1, 0.15) is 30.3 Å². The molecule has 1 fully saturated rings. The average Bonchev–Trinajstić information content (AvgIpc) is 2.82. The Balaban J connectivity index is 1.68. The fourth-order valence-corrected chi connectivity index (χ4v) is 4.64. The van der Waals surface area contributed by atoms with Gasteiger partial charge in [-0.1, -0.05) is 18.2 Å². The van der Waals surface area contributed by atoms with Crippen LogP contribution in [0.3, 0.4) is 0 Å². The maximum atomic E-state index is 14.7. The largest absolute Gasteiger partial charge is 0.363 e. The number of hydrogen-bond donors (Lipinski definition) is 1. The van der Waals surface area contributed by atoms with Gasteiger partial charge in [0.25, 0.3) is 12.0 Å². The number of aromatic nitrogens is 3. The molecule has 0 unspecified atom stereocenters. The van der Waals surface area contributed by atoms with Gasteiger partial charge in [0.05, 0.1) is 17.0 Å². The summed E-state index contributed by atoms with van der Waals surface area (Å²) in [5.41, 5.74) is 0.337. The zero-order valence-corrected chi connectivity index (χ0v) is 19.1. The second-order valence-corrected chi connectivity index (χ2v) is 8.65. The third kappa shape index (κ3) is 4.64. The van der Waals surface area contributed by atoms with Crippen molar-refractivity contribution in [1.29, 1.82) is 0 Å². The zero-order chi connectivity index (χ0) is 24.4. The summed E-state index contributed by atoms with van der Waals surface area (Å²) < 4.78 is 55.1. The summed E-state index contributed by atoms with van der Waals surface area (Å²) in [6.07, 6.45) is -0.142. The Hall–Kier alpha value is -3.01. The number of fused-ring (bicyclic) bond motifs is 1. The van der Waals surface area contributed by atoms with Crippen molar-refractivity contribution in [2.75, 3.05) is 31.6 Å². The maximum absolute atomic E-state index is 14.7. The standard InChI is InChI=1S/C24H27F4N5O/c1-14(16-4-3-5-17(20(16)26)21(27)28)31-22-19-12-18(15-6-9-33(10-7-15)11-8-25)24(34)32(2)23(19)30-13-29-22/h3-5,12-15,21H,6-11H2,1-2H3,(H,29,30,31)/t14-/m1/s1. The van der Waals surface area contributed by atoms with Crippen LogP contribution in [0.2, 0.25) is 0 Å². The number of anilines is 1. The highest BCUT2D eigenvalue weighted by atomic mass is 19.3. The molecule has 0 bridgehead atoms. The van der Waals surface area contributed by atoms with Crippen molar-refractivity contribution in [3.05, 3.63) is 63.5 Å². The lowest BCUT2D eigenvalue weighted by Gasteiger charge is -2.31. The predicted molar refractivity (Wildman–Crippen MR) is 123 cm³/mol. The van der Waals surface area contributed by atoms with E-state index in [0.29, 0.717) is 42.0 Å². The van der Waals surface area contributed by atoms with Crippen LogP contribution in [0, 0.1) is 5.82 Å². The Labute approximate surface area is 194 Å². The van der Waals surface area contributed by atoms with E-state index in [4.69, 9.17) is 0 Å². The van der Waals surface area contributed by atoms with Crippen molar-refractivity contribution in [2.24, 2.45) is 7.05 Å². The number of rotatable bonds is 7. The van der Waals surface area contributed by atoms with Crippen molar-refractivity contribution in [2.45, 2.75) is 38.2 Å². The number of likely N-dealkylation sites (tertiary alicyclic amines) is 1. The van der Waals surface area contributed by atoms with Crippen LogP contribution in [0.1, 0.15) is 54.8 Å². The van der Waals surface area contributed by atoms with E-state index >= 15 is 0 Å². The molecule has 182 valence electrons. The van der Waals surface area contributed by atoms with Crippen LogP contribution in [0.4, 0.5) is 23.4 Å². The van der Waals surface area contributed by atoms with Crippen molar-refractivity contribution < 1.29 is 17.6 Å². The molecule has 6 nitrogen and oxygen atoms in total. The van der Waals surface area contributed by atoms with Gasteiger partial charge in [0.2, 0.25) is 0 Å². The topological polar surface area (TPSA) is 63.1 Å². The summed E-state index contributed by atoms with van der Waals surface area (Å²) in [6.45, 7) is 3.08. The minimum absolute atomic E-state index is 0.0182. The minimum atomic E-state index is -2.92. The molecule has 3 heterocycles. The van der Waals surface area contributed by atoms with Crippen LogP contribution in [-0.2, 0) is 7.05 Å². The molecule has 10 heteroatoms. The molecule has 1 aromatic carbocycles. The Kier molecular flexibility index (Phi) is 7.16. The normalized spacial score (nSPS) is 16.3. The first-order chi connectivity index (χ1) is 16.3. The molecule has 4 rings (SSSR count). The van der Waals surface area contributed by atoms with E-state index in [0.717, 1.165) is 18.9 Å². The Morgan fingerprint density at radius 1 is 1.18 bits per heavy atom. The number of benzene rings is 1. The molecule has 0 aliphatic carbocycles. The number of hydrogen-bond acceptors (Lipinski definition) is 5. The zero-order valence-electron chi connectivity index (χ0n) is 19.1. The summed E-state index contributed by atoms with van der Waals surface area (Å²) in [7, 11) is 1.64. The molecule has 1 N–H and O–H groups in total. The van der Waals surface area contributed by atoms with Gasteiger partial charge in [0, 0.05) is 24.7 Å². The van der Waals surface area contributed by atoms with Gasteiger partial charge in [-0.2, -0.15) is 0 Å². The van der Waals surface area contributed by atoms with Crippen molar-refractivity contribution in [3.63, 3.8) is 0 Å². The Morgan fingerprint density at radius 3 is 2.56 bits per heavy atom. The number of pyridine rings is 1. The highest BCUT2D eigenvalue weighted by Crippen LogP contribution is 2.32. The summed E-state index contributed by atoms with van der Waals surface area (Å²) in [4.78, 5) is 23.7. The van der Waals surface area contributed by atoms with Crippen LogP contribution in [-0.4, -0.2) is 45.7 Å². The fourth-order valence-electron chi connectivity index (χ4n) is 4.64. The van der Waals surface area contributed by atoms with Gasteiger partial charge < -0.3 is 10.2 Å². The first kappa shape index (κ1) is 24.1. The van der Waals surface area contributed by atoms with Gasteiger partial charge in [-0.25, -0.2) is 27.5 Å². The van der Waals surface area contributed by atoms with Crippen LogP contribution >= 0.6 is 0 Å².